The Labute approximate surface area is 126 Å². The Balaban J connectivity index is 2.09. The zero-order valence-corrected chi connectivity index (χ0v) is 12.8. The van der Waals surface area contributed by atoms with Crippen molar-refractivity contribution in [2.24, 2.45) is 0 Å². The number of hydrogen-bond donors (Lipinski definition) is 1. The van der Waals surface area contributed by atoms with E-state index in [-0.39, 0.29) is 11.8 Å². The van der Waals surface area contributed by atoms with Crippen molar-refractivity contribution in [1.82, 2.24) is 0 Å². The quantitative estimate of drug-likeness (QED) is 0.902. The van der Waals surface area contributed by atoms with E-state index in [1.807, 2.05) is 80.5 Å². The zero-order chi connectivity index (χ0) is 15.2. The van der Waals surface area contributed by atoms with Crippen LogP contribution in [0.1, 0.15) is 24.8 Å². The van der Waals surface area contributed by atoms with Crippen molar-refractivity contribution < 1.29 is 4.79 Å². The number of nitrogens with one attached hydrogen (secondary N) is 1. The predicted molar refractivity (Wildman–Crippen MR) is 88.9 cm³/mol. The number of hydrogen-bond acceptors (Lipinski definition) is 2. The first kappa shape index (κ1) is 15.1. The molecule has 3 heteroatoms. The molecule has 0 heterocycles. The van der Waals surface area contributed by atoms with Crippen LogP contribution in [0.5, 0.6) is 0 Å². The molecule has 3 nitrogen and oxygen atoms in total. The van der Waals surface area contributed by atoms with Crippen molar-refractivity contribution in [3.05, 3.63) is 60.2 Å². The van der Waals surface area contributed by atoms with Gasteiger partial charge in [0.05, 0.1) is 5.92 Å². The second kappa shape index (κ2) is 6.93. The summed E-state index contributed by atoms with van der Waals surface area (Å²) in [5.74, 6) is -0.0685. The lowest BCUT2D eigenvalue weighted by Gasteiger charge is -2.16. The van der Waals surface area contributed by atoms with Crippen LogP contribution in [-0.2, 0) is 4.79 Å². The lowest BCUT2D eigenvalue weighted by Crippen LogP contribution is -2.20. The van der Waals surface area contributed by atoms with Gasteiger partial charge in [-0.3, -0.25) is 4.79 Å². The summed E-state index contributed by atoms with van der Waals surface area (Å²) in [5.41, 5.74) is 3.01. The summed E-state index contributed by atoms with van der Waals surface area (Å²) < 4.78 is 0. The fourth-order valence-electron chi connectivity index (χ4n) is 2.33. The number of rotatable bonds is 5. The number of nitrogens with zero attached hydrogens (tertiary/aromatic N) is 1. The van der Waals surface area contributed by atoms with Gasteiger partial charge in [0, 0.05) is 25.5 Å². The third kappa shape index (κ3) is 3.85. The Bertz CT molecular complexity index is 576. The van der Waals surface area contributed by atoms with Crippen LogP contribution in [0.3, 0.4) is 0 Å². The minimum absolute atomic E-state index is 0.0429. The highest BCUT2D eigenvalue weighted by atomic mass is 16.1. The maximum Gasteiger partial charge on any atom is 0.231 e. The normalized spacial score (nSPS) is 11.8. The Kier molecular flexibility index (Phi) is 4.99. The van der Waals surface area contributed by atoms with E-state index in [1.54, 1.807) is 0 Å². The molecular weight excluding hydrogens is 260 g/mol. The fourth-order valence-corrected chi connectivity index (χ4v) is 2.33. The predicted octanol–water partition coefficient (Wildman–Crippen LogP) is 3.88. The van der Waals surface area contributed by atoms with E-state index in [2.05, 4.69) is 5.32 Å². The van der Waals surface area contributed by atoms with E-state index in [4.69, 9.17) is 0 Å². The second-order valence-corrected chi connectivity index (χ2v) is 5.30. The average Bonchev–Trinajstić information content (AvgIpc) is 2.49. The molecule has 1 N–H and O–H groups in total. The van der Waals surface area contributed by atoms with Crippen LogP contribution in [0.2, 0.25) is 0 Å². The van der Waals surface area contributed by atoms with Crippen LogP contribution in [0.4, 0.5) is 11.4 Å². The standard InChI is InChI=1S/C18H22N2O/c1-4-17(14-8-6-5-7-9-14)18(21)19-15-10-12-16(13-11-15)20(2)3/h5-13,17H,4H2,1-3H3,(H,19,21)/t17-/m0/s1. The van der Waals surface area contributed by atoms with Crippen molar-refractivity contribution in [2.45, 2.75) is 19.3 Å². The van der Waals surface area contributed by atoms with E-state index in [0.717, 1.165) is 23.4 Å². The van der Waals surface area contributed by atoms with Gasteiger partial charge in [-0.1, -0.05) is 37.3 Å². The van der Waals surface area contributed by atoms with Crippen LogP contribution in [0.15, 0.2) is 54.6 Å². The molecule has 0 unspecified atom stereocenters. The smallest absolute Gasteiger partial charge is 0.231 e. The summed E-state index contributed by atoms with van der Waals surface area (Å²) in [7, 11) is 3.99. The Morgan fingerprint density at radius 1 is 1.05 bits per heavy atom. The molecule has 2 aromatic rings. The Hall–Kier alpha value is -2.29. The highest BCUT2D eigenvalue weighted by Gasteiger charge is 2.18. The van der Waals surface area contributed by atoms with E-state index < -0.39 is 0 Å². The van der Waals surface area contributed by atoms with Crippen LogP contribution in [-0.4, -0.2) is 20.0 Å². The van der Waals surface area contributed by atoms with E-state index in [9.17, 15) is 4.79 Å². The molecule has 2 rings (SSSR count). The van der Waals surface area contributed by atoms with Crippen molar-refractivity contribution in [3.8, 4) is 0 Å². The molecule has 0 bridgehead atoms. The molecule has 0 spiro atoms. The van der Waals surface area contributed by atoms with Crippen LogP contribution in [0.25, 0.3) is 0 Å². The van der Waals surface area contributed by atoms with Gasteiger partial charge in [-0.25, -0.2) is 0 Å². The molecule has 0 aliphatic heterocycles. The largest absolute Gasteiger partial charge is 0.378 e. The van der Waals surface area contributed by atoms with Crippen molar-refractivity contribution >= 4 is 17.3 Å². The highest BCUT2D eigenvalue weighted by Crippen LogP contribution is 2.22. The van der Waals surface area contributed by atoms with E-state index in [1.165, 1.54) is 0 Å². The highest BCUT2D eigenvalue weighted by molar-refractivity contribution is 5.95. The van der Waals surface area contributed by atoms with Gasteiger partial charge < -0.3 is 10.2 Å². The van der Waals surface area contributed by atoms with Gasteiger partial charge in [-0.2, -0.15) is 0 Å². The van der Waals surface area contributed by atoms with Crippen molar-refractivity contribution in [3.63, 3.8) is 0 Å². The molecular formula is C18H22N2O. The SMILES string of the molecule is CC[C@H](C(=O)Nc1ccc(N(C)C)cc1)c1ccccc1. The van der Waals surface area contributed by atoms with E-state index in [0.29, 0.717) is 0 Å². The third-order valence-electron chi connectivity index (χ3n) is 3.58. The summed E-state index contributed by atoms with van der Waals surface area (Å²) in [4.78, 5) is 14.5. The van der Waals surface area contributed by atoms with Crippen LogP contribution >= 0.6 is 0 Å². The maximum atomic E-state index is 12.4. The lowest BCUT2D eigenvalue weighted by atomic mass is 9.95. The molecule has 0 fully saturated rings. The van der Waals surface area contributed by atoms with Gasteiger partial charge in [0.1, 0.15) is 0 Å². The first-order valence-corrected chi connectivity index (χ1v) is 7.25. The summed E-state index contributed by atoms with van der Waals surface area (Å²) in [5, 5.41) is 3.00. The minimum Gasteiger partial charge on any atom is -0.378 e. The molecule has 1 atom stereocenters. The molecule has 0 aromatic heterocycles. The second-order valence-electron chi connectivity index (χ2n) is 5.30. The molecule has 2 aromatic carbocycles. The molecule has 21 heavy (non-hydrogen) atoms. The summed E-state index contributed by atoms with van der Waals surface area (Å²) >= 11 is 0. The zero-order valence-electron chi connectivity index (χ0n) is 12.8. The number of carbonyl (C=O) groups is 1. The molecule has 0 aliphatic carbocycles. The molecule has 110 valence electrons. The molecule has 0 saturated heterocycles. The molecule has 0 saturated carbocycles. The molecule has 0 aliphatic rings. The number of carbonyl (C=O) groups excluding carboxylic acids is 1. The van der Waals surface area contributed by atoms with Gasteiger partial charge in [0.15, 0.2) is 0 Å². The molecule has 0 radical (unpaired) electrons. The average molecular weight is 282 g/mol. The van der Waals surface area contributed by atoms with Gasteiger partial charge in [-0.15, -0.1) is 0 Å². The Morgan fingerprint density at radius 2 is 1.67 bits per heavy atom. The number of anilines is 2. The van der Waals surface area contributed by atoms with Crippen LogP contribution in [0, 0.1) is 0 Å². The third-order valence-corrected chi connectivity index (χ3v) is 3.58. The van der Waals surface area contributed by atoms with E-state index >= 15 is 0 Å². The van der Waals surface area contributed by atoms with Gasteiger partial charge in [-0.05, 0) is 36.2 Å². The maximum absolute atomic E-state index is 12.4. The number of benzene rings is 2. The topological polar surface area (TPSA) is 32.3 Å². The van der Waals surface area contributed by atoms with Crippen molar-refractivity contribution in [2.75, 3.05) is 24.3 Å². The van der Waals surface area contributed by atoms with Gasteiger partial charge in [0.25, 0.3) is 0 Å². The lowest BCUT2D eigenvalue weighted by molar-refractivity contribution is -0.117. The summed E-state index contributed by atoms with van der Waals surface area (Å²) in [6.07, 6.45) is 0.783. The number of amides is 1. The van der Waals surface area contributed by atoms with Crippen LogP contribution < -0.4 is 10.2 Å². The Morgan fingerprint density at radius 3 is 2.19 bits per heavy atom. The van der Waals surface area contributed by atoms with Gasteiger partial charge >= 0.3 is 0 Å². The summed E-state index contributed by atoms with van der Waals surface area (Å²) in [6, 6.07) is 17.8. The van der Waals surface area contributed by atoms with Gasteiger partial charge in [0.2, 0.25) is 5.91 Å². The van der Waals surface area contributed by atoms with Crippen molar-refractivity contribution in [1.29, 1.82) is 0 Å². The fraction of sp³-hybridized carbons (Fsp3) is 0.278. The monoisotopic (exact) mass is 282 g/mol. The first-order chi connectivity index (χ1) is 10.1. The first-order valence-electron chi connectivity index (χ1n) is 7.25. The molecule has 1 amide bonds. The summed E-state index contributed by atoms with van der Waals surface area (Å²) in [6.45, 7) is 2.03. The minimum atomic E-state index is -0.111.